The van der Waals surface area contributed by atoms with Gasteiger partial charge in [0.2, 0.25) is 0 Å². The molecule has 0 aliphatic carbocycles. The number of hydrazone groups is 1. The van der Waals surface area contributed by atoms with Crippen LogP contribution in [-0.2, 0) is 4.79 Å². The van der Waals surface area contributed by atoms with Crippen LogP contribution < -0.4 is 9.47 Å². The summed E-state index contributed by atoms with van der Waals surface area (Å²) in [5.41, 5.74) is 1.61. The molecule has 1 aromatic carbocycles. The number of benzene rings is 1. The van der Waals surface area contributed by atoms with Crippen molar-refractivity contribution in [2.45, 2.75) is 12.5 Å². The van der Waals surface area contributed by atoms with Crippen molar-refractivity contribution in [1.29, 1.82) is 0 Å². The standard InChI is InChI=1S/C20H16ClN3O4/c21-15-8-6-14(7-9-15)16-12-17(18-4-3-11-27-18)24(22-16)19(25)13-28-20-5-1-2-10-23(20)26/h1-11,17H,12-13H2/t17-/m0/s1. The van der Waals surface area contributed by atoms with Crippen LogP contribution in [0.2, 0.25) is 5.02 Å². The topological polar surface area (TPSA) is 82.0 Å². The van der Waals surface area contributed by atoms with Gasteiger partial charge in [-0.15, -0.1) is 4.73 Å². The maximum Gasteiger partial charge on any atom is 0.379 e. The summed E-state index contributed by atoms with van der Waals surface area (Å²) in [6.45, 7) is -0.319. The molecule has 0 bridgehead atoms. The van der Waals surface area contributed by atoms with E-state index < -0.39 is 0 Å². The number of halogens is 1. The van der Waals surface area contributed by atoms with Gasteiger partial charge in [0.15, 0.2) is 12.8 Å². The molecule has 1 aliphatic heterocycles. The maximum absolute atomic E-state index is 12.8. The van der Waals surface area contributed by atoms with Gasteiger partial charge in [-0.25, -0.2) is 5.01 Å². The Hall–Kier alpha value is -3.32. The number of hydrogen-bond acceptors (Lipinski definition) is 5. The molecule has 4 rings (SSSR count). The monoisotopic (exact) mass is 397 g/mol. The molecule has 28 heavy (non-hydrogen) atoms. The van der Waals surface area contributed by atoms with Crippen molar-refractivity contribution in [2.24, 2.45) is 5.10 Å². The van der Waals surface area contributed by atoms with Crippen LogP contribution in [0.15, 0.2) is 76.6 Å². The van der Waals surface area contributed by atoms with Crippen LogP contribution in [0, 0.1) is 5.21 Å². The molecule has 1 aliphatic rings. The number of hydrogen-bond donors (Lipinski definition) is 0. The van der Waals surface area contributed by atoms with E-state index in [-0.39, 0.29) is 24.4 Å². The molecule has 0 N–H and O–H groups in total. The van der Waals surface area contributed by atoms with Crippen molar-refractivity contribution in [2.75, 3.05) is 6.61 Å². The number of pyridine rings is 1. The molecule has 1 atom stereocenters. The quantitative estimate of drug-likeness (QED) is 0.488. The number of furan rings is 1. The second kappa shape index (κ2) is 7.74. The first-order valence-electron chi connectivity index (χ1n) is 8.61. The molecule has 1 amide bonds. The Morgan fingerprint density at radius 1 is 1.25 bits per heavy atom. The molecule has 2 aromatic heterocycles. The Morgan fingerprint density at radius 2 is 2.07 bits per heavy atom. The highest BCUT2D eigenvalue weighted by Gasteiger charge is 2.35. The van der Waals surface area contributed by atoms with E-state index in [9.17, 15) is 10.0 Å². The minimum atomic E-state index is -0.382. The Balaban J connectivity index is 1.56. The Kier molecular flexibility index (Phi) is 4.99. The van der Waals surface area contributed by atoms with Crippen molar-refractivity contribution in [3.8, 4) is 5.88 Å². The van der Waals surface area contributed by atoms with E-state index in [4.69, 9.17) is 20.8 Å². The average molecular weight is 398 g/mol. The van der Waals surface area contributed by atoms with Gasteiger partial charge in [0.1, 0.15) is 11.8 Å². The SMILES string of the molecule is O=C(COc1cccc[n+]1[O-])N1N=C(c2ccc(Cl)cc2)C[C@H]1c1ccco1. The molecule has 0 saturated carbocycles. The van der Waals surface area contributed by atoms with Crippen molar-refractivity contribution in [1.82, 2.24) is 5.01 Å². The Labute approximate surface area is 166 Å². The lowest BCUT2D eigenvalue weighted by molar-refractivity contribution is -0.612. The first kappa shape index (κ1) is 18.1. The number of ether oxygens (including phenoxy) is 1. The summed E-state index contributed by atoms with van der Waals surface area (Å²) >= 11 is 5.96. The lowest BCUT2D eigenvalue weighted by Crippen LogP contribution is -2.34. The lowest BCUT2D eigenvalue weighted by Gasteiger charge is -2.19. The number of rotatable bonds is 5. The number of carbonyl (C=O) groups is 1. The average Bonchev–Trinajstić information content (AvgIpc) is 3.37. The van der Waals surface area contributed by atoms with Gasteiger partial charge in [-0.3, -0.25) is 4.79 Å². The molecular formula is C20H16ClN3O4. The number of amides is 1. The molecule has 3 aromatic rings. The van der Waals surface area contributed by atoms with Crippen LogP contribution in [0.1, 0.15) is 23.8 Å². The van der Waals surface area contributed by atoms with Gasteiger partial charge < -0.3 is 14.4 Å². The van der Waals surface area contributed by atoms with Gasteiger partial charge in [0.05, 0.1) is 18.0 Å². The molecule has 3 heterocycles. The fourth-order valence-electron chi connectivity index (χ4n) is 2.99. The van der Waals surface area contributed by atoms with Crippen LogP contribution in [0.3, 0.4) is 0 Å². The summed E-state index contributed by atoms with van der Waals surface area (Å²) in [7, 11) is 0. The van der Waals surface area contributed by atoms with Crippen molar-refractivity contribution < 1.29 is 18.7 Å². The largest absolute Gasteiger partial charge is 0.616 e. The van der Waals surface area contributed by atoms with E-state index in [1.807, 2.05) is 12.1 Å². The molecule has 7 nitrogen and oxygen atoms in total. The minimum Gasteiger partial charge on any atom is -0.616 e. The van der Waals surface area contributed by atoms with Crippen LogP contribution in [0.5, 0.6) is 5.88 Å². The normalized spacial score (nSPS) is 16.1. The fourth-order valence-corrected chi connectivity index (χ4v) is 3.11. The van der Waals surface area contributed by atoms with Gasteiger partial charge in [-0.2, -0.15) is 5.10 Å². The summed E-state index contributed by atoms with van der Waals surface area (Å²) in [5.74, 6) is 0.292. The van der Waals surface area contributed by atoms with Crippen LogP contribution in [0.4, 0.5) is 0 Å². The summed E-state index contributed by atoms with van der Waals surface area (Å²) in [4.78, 5) is 12.8. The number of carbonyl (C=O) groups excluding carboxylic acids is 1. The molecular weight excluding hydrogens is 382 g/mol. The van der Waals surface area contributed by atoms with E-state index in [0.717, 1.165) is 11.3 Å². The zero-order valence-corrected chi connectivity index (χ0v) is 15.5. The molecule has 0 saturated heterocycles. The van der Waals surface area contributed by atoms with Crippen molar-refractivity contribution in [3.05, 3.63) is 88.6 Å². The molecule has 0 unspecified atom stereocenters. The van der Waals surface area contributed by atoms with Crippen LogP contribution in [0.25, 0.3) is 0 Å². The third kappa shape index (κ3) is 3.70. The smallest absolute Gasteiger partial charge is 0.379 e. The van der Waals surface area contributed by atoms with Gasteiger partial charge in [-0.05, 0) is 35.9 Å². The van der Waals surface area contributed by atoms with Crippen molar-refractivity contribution >= 4 is 23.2 Å². The third-order valence-electron chi connectivity index (χ3n) is 4.35. The second-order valence-electron chi connectivity index (χ2n) is 6.18. The third-order valence-corrected chi connectivity index (χ3v) is 4.60. The predicted octanol–water partition coefficient (Wildman–Crippen LogP) is 3.32. The Morgan fingerprint density at radius 3 is 2.79 bits per heavy atom. The summed E-state index contributed by atoms with van der Waals surface area (Å²) in [5, 5.41) is 18.1. The van der Waals surface area contributed by atoms with E-state index in [2.05, 4.69) is 5.10 Å². The van der Waals surface area contributed by atoms with Crippen LogP contribution >= 0.6 is 11.6 Å². The molecule has 0 fully saturated rings. The number of aromatic nitrogens is 1. The molecule has 0 spiro atoms. The maximum atomic E-state index is 12.8. The number of nitrogens with zero attached hydrogens (tertiary/aromatic N) is 3. The van der Waals surface area contributed by atoms with E-state index in [1.54, 1.807) is 42.7 Å². The zero-order valence-electron chi connectivity index (χ0n) is 14.7. The lowest BCUT2D eigenvalue weighted by atomic mass is 10.0. The minimum absolute atomic E-state index is 0.0477. The first-order chi connectivity index (χ1) is 13.6. The van der Waals surface area contributed by atoms with Gasteiger partial charge in [-0.1, -0.05) is 23.7 Å². The van der Waals surface area contributed by atoms with E-state index >= 15 is 0 Å². The Bertz CT molecular complexity index is 1000. The van der Waals surface area contributed by atoms with Gasteiger partial charge >= 0.3 is 5.88 Å². The highest BCUT2D eigenvalue weighted by atomic mass is 35.5. The predicted molar refractivity (Wildman–Crippen MR) is 102 cm³/mol. The molecule has 8 heteroatoms. The zero-order chi connectivity index (χ0) is 19.5. The molecule has 142 valence electrons. The highest BCUT2D eigenvalue weighted by molar-refractivity contribution is 6.30. The van der Waals surface area contributed by atoms with E-state index in [1.165, 1.54) is 17.3 Å². The van der Waals surface area contributed by atoms with Crippen molar-refractivity contribution in [3.63, 3.8) is 0 Å². The van der Waals surface area contributed by atoms with Gasteiger partial charge in [0.25, 0.3) is 5.91 Å². The second-order valence-corrected chi connectivity index (χ2v) is 6.62. The van der Waals surface area contributed by atoms with Crippen LogP contribution in [-0.4, -0.2) is 23.2 Å². The van der Waals surface area contributed by atoms with Gasteiger partial charge in [0, 0.05) is 17.5 Å². The highest BCUT2D eigenvalue weighted by Crippen LogP contribution is 2.33. The first-order valence-corrected chi connectivity index (χ1v) is 8.99. The summed E-state index contributed by atoms with van der Waals surface area (Å²) in [6, 6.07) is 15.2. The summed E-state index contributed by atoms with van der Waals surface area (Å²) in [6.07, 6.45) is 3.35. The molecule has 0 radical (unpaired) electrons. The van der Waals surface area contributed by atoms with E-state index in [0.29, 0.717) is 21.9 Å². The fraction of sp³-hybridized carbons (Fsp3) is 0.150. The summed E-state index contributed by atoms with van der Waals surface area (Å²) < 4.78 is 11.4.